The molecule has 0 spiro atoms. The van der Waals surface area contributed by atoms with Crippen LogP contribution in [-0.2, 0) is 9.53 Å². The molecule has 1 aromatic carbocycles. The molecule has 27 heavy (non-hydrogen) atoms. The number of Topliss-reactive ketones (excluding diaryl/α,β-unsaturated/α-hetero) is 2. The van der Waals surface area contributed by atoms with E-state index in [-0.39, 0.29) is 48.0 Å². The highest BCUT2D eigenvalue weighted by molar-refractivity contribution is 6.18. The number of benzene rings is 1. The summed E-state index contributed by atoms with van der Waals surface area (Å²) in [6.45, 7) is 4.99. The SMILES string of the molecule is CC(C)(C)C(=O)OCOc1cccc2c1C(=O)C1C3C=CC(CC3)C1C2=O. The van der Waals surface area contributed by atoms with Crippen LogP contribution in [0.1, 0.15) is 54.3 Å². The number of ether oxygens (including phenoxy) is 2. The van der Waals surface area contributed by atoms with E-state index in [1.165, 1.54) is 0 Å². The molecule has 4 atom stereocenters. The van der Waals surface area contributed by atoms with Gasteiger partial charge < -0.3 is 9.47 Å². The van der Waals surface area contributed by atoms with E-state index in [1.54, 1.807) is 39.0 Å². The van der Waals surface area contributed by atoms with Crippen LogP contribution in [-0.4, -0.2) is 24.3 Å². The van der Waals surface area contributed by atoms with Gasteiger partial charge in [-0.15, -0.1) is 0 Å². The Kier molecular flexibility index (Phi) is 4.21. The minimum atomic E-state index is -0.633. The summed E-state index contributed by atoms with van der Waals surface area (Å²) in [6.07, 6.45) is 6.12. The zero-order chi connectivity index (χ0) is 19.3. The zero-order valence-electron chi connectivity index (χ0n) is 15.9. The first kappa shape index (κ1) is 18.0. The Morgan fingerprint density at radius 1 is 1.04 bits per heavy atom. The van der Waals surface area contributed by atoms with Gasteiger partial charge in [0.25, 0.3) is 0 Å². The lowest BCUT2D eigenvalue weighted by molar-refractivity contribution is -0.159. The summed E-state index contributed by atoms with van der Waals surface area (Å²) in [6, 6.07) is 5.07. The second-order valence-corrected chi connectivity index (χ2v) is 8.69. The quantitative estimate of drug-likeness (QED) is 0.461. The Morgan fingerprint density at radius 3 is 2.26 bits per heavy atom. The molecule has 0 N–H and O–H groups in total. The Labute approximate surface area is 158 Å². The van der Waals surface area contributed by atoms with Crippen LogP contribution in [0.15, 0.2) is 30.4 Å². The fourth-order valence-corrected chi connectivity index (χ4v) is 4.53. The van der Waals surface area contributed by atoms with Crippen molar-refractivity contribution in [2.45, 2.75) is 33.6 Å². The van der Waals surface area contributed by atoms with E-state index in [2.05, 4.69) is 12.2 Å². The summed E-state index contributed by atoms with van der Waals surface area (Å²) in [4.78, 5) is 38.3. The number of esters is 1. The number of hydrogen-bond donors (Lipinski definition) is 0. The molecule has 1 saturated carbocycles. The molecule has 0 saturated heterocycles. The normalized spacial score (nSPS) is 28.6. The van der Waals surface area contributed by atoms with Crippen LogP contribution in [0.4, 0.5) is 0 Å². The van der Waals surface area contributed by atoms with Crippen molar-refractivity contribution >= 4 is 17.5 Å². The van der Waals surface area contributed by atoms with Gasteiger partial charge in [0.15, 0.2) is 11.6 Å². The van der Waals surface area contributed by atoms with Gasteiger partial charge in [-0.05, 0) is 51.5 Å². The number of carbonyl (C=O) groups excluding carboxylic acids is 3. The number of fused-ring (bicyclic) bond motifs is 2. The lowest BCUT2D eigenvalue weighted by atomic mass is 9.56. The van der Waals surface area contributed by atoms with Gasteiger partial charge in [-0.3, -0.25) is 14.4 Å². The molecule has 142 valence electrons. The monoisotopic (exact) mass is 368 g/mol. The molecule has 1 fully saturated rings. The molecule has 0 aromatic heterocycles. The maximum atomic E-state index is 13.3. The standard InChI is InChI=1S/C22H24O5/c1-22(2,3)21(25)27-11-26-15-6-4-5-14-18(15)20(24)17-13-9-7-12(8-10-13)16(17)19(14)23/h4-7,9,12-13,16-17H,8,10-11H2,1-3H3. The summed E-state index contributed by atoms with van der Waals surface area (Å²) in [5.41, 5.74) is 0.143. The van der Waals surface area contributed by atoms with E-state index in [4.69, 9.17) is 9.47 Å². The first-order valence-corrected chi connectivity index (χ1v) is 9.49. The summed E-state index contributed by atoms with van der Waals surface area (Å²) >= 11 is 0. The Bertz CT molecular complexity index is 845. The van der Waals surface area contributed by atoms with Gasteiger partial charge in [0.1, 0.15) is 5.75 Å². The van der Waals surface area contributed by atoms with E-state index in [1.807, 2.05) is 0 Å². The van der Waals surface area contributed by atoms with Crippen LogP contribution in [0.5, 0.6) is 5.75 Å². The highest BCUT2D eigenvalue weighted by Gasteiger charge is 2.52. The molecule has 5 heteroatoms. The van der Waals surface area contributed by atoms with Crippen molar-refractivity contribution in [3.05, 3.63) is 41.5 Å². The molecule has 4 unspecified atom stereocenters. The lowest BCUT2D eigenvalue weighted by Gasteiger charge is -2.45. The van der Waals surface area contributed by atoms with Gasteiger partial charge in [0.2, 0.25) is 6.79 Å². The Hall–Kier alpha value is -2.43. The van der Waals surface area contributed by atoms with Crippen LogP contribution in [0.2, 0.25) is 0 Å². The van der Waals surface area contributed by atoms with E-state index in [9.17, 15) is 14.4 Å². The summed E-state index contributed by atoms with van der Waals surface area (Å²) in [5.74, 6) is -0.324. The van der Waals surface area contributed by atoms with E-state index in [0.29, 0.717) is 16.9 Å². The Morgan fingerprint density at radius 2 is 1.67 bits per heavy atom. The van der Waals surface area contributed by atoms with Crippen LogP contribution >= 0.6 is 0 Å². The third kappa shape index (κ3) is 2.89. The van der Waals surface area contributed by atoms with Crippen molar-refractivity contribution in [3.63, 3.8) is 0 Å². The van der Waals surface area contributed by atoms with Crippen molar-refractivity contribution < 1.29 is 23.9 Å². The molecular formula is C22H24O5. The topological polar surface area (TPSA) is 69.7 Å². The van der Waals surface area contributed by atoms with Crippen molar-refractivity contribution in [1.82, 2.24) is 0 Å². The van der Waals surface area contributed by atoms with E-state index >= 15 is 0 Å². The zero-order valence-corrected chi connectivity index (χ0v) is 15.9. The average molecular weight is 368 g/mol. The second kappa shape index (κ2) is 6.32. The van der Waals surface area contributed by atoms with Gasteiger partial charge in [0, 0.05) is 17.4 Å². The minimum Gasteiger partial charge on any atom is -0.457 e. The van der Waals surface area contributed by atoms with Crippen molar-refractivity contribution in [3.8, 4) is 5.75 Å². The number of allylic oxidation sites excluding steroid dienone is 2. The second-order valence-electron chi connectivity index (χ2n) is 8.69. The van der Waals surface area contributed by atoms with E-state index in [0.717, 1.165) is 12.8 Å². The molecule has 2 bridgehead atoms. The fourth-order valence-electron chi connectivity index (χ4n) is 4.53. The third-order valence-corrected chi connectivity index (χ3v) is 5.91. The number of rotatable bonds is 3. The maximum Gasteiger partial charge on any atom is 0.314 e. The highest BCUT2D eigenvalue weighted by atomic mass is 16.7. The van der Waals surface area contributed by atoms with Crippen molar-refractivity contribution in [2.24, 2.45) is 29.1 Å². The van der Waals surface area contributed by atoms with Crippen molar-refractivity contribution in [2.75, 3.05) is 6.79 Å². The summed E-state index contributed by atoms with van der Waals surface area (Å²) in [7, 11) is 0. The fraction of sp³-hybridized carbons (Fsp3) is 0.500. The lowest BCUT2D eigenvalue weighted by Crippen LogP contribution is -2.48. The maximum absolute atomic E-state index is 13.3. The summed E-state index contributed by atoms with van der Waals surface area (Å²) in [5, 5.41) is 0. The molecule has 4 aliphatic carbocycles. The Balaban J connectivity index is 1.61. The molecule has 5 nitrogen and oxygen atoms in total. The van der Waals surface area contributed by atoms with E-state index < -0.39 is 5.41 Å². The molecule has 0 aliphatic heterocycles. The number of hydrogen-bond acceptors (Lipinski definition) is 5. The first-order valence-electron chi connectivity index (χ1n) is 9.49. The molecular weight excluding hydrogens is 344 g/mol. The highest BCUT2D eigenvalue weighted by Crippen LogP contribution is 2.51. The number of carbonyl (C=O) groups is 3. The predicted molar refractivity (Wildman–Crippen MR) is 98.5 cm³/mol. The first-order chi connectivity index (χ1) is 12.8. The van der Waals surface area contributed by atoms with Crippen molar-refractivity contribution in [1.29, 1.82) is 0 Å². The molecule has 0 amide bonds. The minimum absolute atomic E-state index is 0.0219. The molecule has 0 radical (unpaired) electrons. The molecule has 5 rings (SSSR count). The molecule has 4 aliphatic rings. The molecule has 1 aromatic rings. The van der Waals surface area contributed by atoms with Crippen LogP contribution in [0.3, 0.4) is 0 Å². The summed E-state index contributed by atoms with van der Waals surface area (Å²) < 4.78 is 10.8. The smallest absolute Gasteiger partial charge is 0.314 e. The van der Waals surface area contributed by atoms with Crippen LogP contribution in [0.25, 0.3) is 0 Å². The van der Waals surface area contributed by atoms with Gasteiger partial charge >= 0.3 is 5.97 Å². The van der Waals surface area contributed by atoms with Gasteiger partial charge in [0.05, 0.1) is 11.0 Å². The van der Waals surface area contributed by atoms with Gasteiger partial charge in [-0.2, -0.15) is 0 Å². The average Bonchev–Trinajstić information content (AvgIpc) is 2.65. The predicted octanol–water partition coefficient (Wildman–Crippen LogP) is 3.82. The number of ketones is 2. The van der Waals surface area contributed by atoms with Gasteiger partial charge in [-0.25, -0.2) is 0 Å². The third-order valence-electron chi connectivity index (χ3n) is 5.91. The molecule has 0 heterocycles. The largest absolute Gasteiger partial charge is 0.457 e. The van der Waals surface area contributed by atoms with Crippen LogP contribution < -0.4 is 4.74 Å². The van der Waals surface area contributed by atoms with Crippen LogP contribution in [0, 0.1) is 29.1 Å². The van der Waals surface area contributed by atoms with Gasteiger partial charge in [-0.1, -0.05) is 24.3 Å².